The molecule has 0 fully saturated rings. The molecule has 7 nitrogen and oxygen atoms in total. The molecule has 1 aromatic heterocycles. The summed E-state index contributed by atoms with van der Waals surface area (Å²) >= 11 is 8.01. The van der Waals surface area contributed by atoms with Crippen molar-refractivity contribution < 1.29 is 9.47 Å². The quantitative estimate of drug-likeness (QED) is 0.492. The second kappa shape index (κ2) is 9.51. The highest BCUT2D eigenvalue weighted by Gasteiger charge is 2.34. The van der Waals surface area contributed by atoms with E-state index >= 15 is 0 Å². The van der Waals surface area contributed by atoms with Gasteiger partial charge in [-0.1, -0.05) is 31.9 Å². The van der Waals surface area contributed by atoms with Gasteiger partial charge in [-0.2, -0.15) is 10.5 Å². The molecule has 0 unspecified atom stereocenters. The molecule has 1 aliphatic rings. The maximum Gasteiger partial charge on any atom is 0.274 e. The minimum atomic E-state index is -0.784. The maximum atomic E-state index is 13.4. The summed E-state index contributed by atoms with van der Waals surface area (Å²) in [6.07, 6.45) is 1.69. The molecule has 1 aliphatic heterocycles. The average molecular weight is 600 g/mol. The molecule has 2 N–H and O–H groups in total. The zero-order chi connectivity index (χ0) is 24.6. The molecule has 3 aromatic rings. The molecule has 4 rings (SSSR count). The van der Waals surface area contributed by atoms with Crippen molar-refractivity contribution in [2.75, 3.05) is 14.2 Å². The maximum absolute atomic E-state index is 13.4. The van der Waals surface area contributed by atoms with E-state index in [-0.39, 0.29) is 17.0 Å². The van der Waals surface area contributed by atoms with Crippen molar-refractivity contribution in [3.05, 3.63) is 81.6 Å². The van der Waals surface area contributed by atoms with E-state index in [2.05, 4.69) is 44.0 Å². The number of nitrogens with two attached hydrogens (primary N) is 1. The summed E-state index contributed by atoms with van der Waals surface area (Å²) in [7, 11) is 3.06. The molecule has 0 amide bonds. The molecule has 10 heteroatoms. The van der Waals surface area contributed by atoms with Crippen molar-refractivity contribution in [3.63, 3.8) is 0 Å². The summed E-state index contributed by atoms with van der Waals surface area (Å²) in [4.78, 5) is 13.4. The summed E-state index contributed by atoms with van der Waals surface area (Å²) < 4.78 is 14.4. The Morgan fingerprint density at radius 3 is 2.26 bits per heavy atom. The third kappa shape index (κ3) is 3.94. The van der Waals surface area contributed by atoms with Crippen LogP contribution in [0.3, 0.4) is 0 Å². The van der Waals surface area contributed by atoms with Crippen molar-refractivity contribution in [1.29, 1.82) is 10.5 Å². The lowest BCUT2D eigenvalue weighted by molar-refractivity contribution is 0.409. The Morgan fingerprint density at radius 2 is 1.65 bits per heavy atom. The monoisotopic (exact) mass is 598 g/mol. The van der Waals surface area contributed by atoms with Crippen LogP contribution in [0.2, 0.25) is 0 Å². The Kier molecular flexibility index (Phi) is 6.67. The summed E-state index contributed by atoms with van der Waals surface area (Å²) in [5.41, 5.74) is 7.57. The molecule has 1 atom stereocenters. The number of rotatable bonds is 4. The molecule has 0 saturated heterocycles. The van der Waals surface area contributed by atoms with Gasteiger partial charge in [-0.15, -0.1) is 11.3 Å². The molecule has 0 bridgehead atoms. The Labute approximate surface area is 215 Å². The number of ether oxygens (including phenoxy) is 2. The standard InChI is InChI=1S/C24H16Br2N4O3S/c1-32-18-5-3-13(25)7-12(18)8-20-23(31)30-22(29)16(10-27)21(17(11-28)24(30)34-20)15-9-14(26)4-6-19(15)33-2/h3-9,21H,29H2,1-2H3/b20-8-/t21-/m1/s1. The number of aromatic nitrogens is 1. The average Bonchev–Trinajstić information content (AvgIpc) is 3.15. The Bertz CT molecular complexity index is 1620. The van der Waals surface area contributed by atoms with Crippen LogP contribution >= 0.6 is 43.2 Å². The number of thiazole rings is 1. The fourth-order valence-electron chi connectivity index (χ4n) is 3.85. The zero-order valence-corrected chi connectivity index (χ0v) is 21.9. The van der Waals surface area contributed by atoms with Crippen LogP contribution < -0.4 is 30.0 Å². The van der Waals surface area contributed by atoms with Crippen LogP contribution in [0.15, 0.2) is 55.7 Å². The number of hydrogen-bond acceptors (Lipinski definition) is 7. The van der Waals surface area contributed by atoms with E-state index in [0.717, 1.165) is 20.3 Å². The van der Waals surface area contributed by atoms with E-state index in [9.17, 15) is 15.3 Å². The van der Waals surface area contributed by atoms with Gasteiger partial charge in [-0.05, 0) is 42.5 Å². The van der Waals surface area contributed by atoms with Crippen LogP contribution in [0.4, 0.5) is 0 Å². The smallest absolute Gasteiger partial charge is 0.274 e. The fraction of sp³-hybridized carbons (Fsp3) is 0.125. The number of allylic oxidation sites excluding steroid dienone is 1. The first kappa shape index (κ1) is 23.8. The van der Waals surface area contributed by atoms with Crippen LogP contribution in [0.1, 0.15) is 17.0 Å². The molecule has 0 saturated carbocycles. The van der Waals surface area contributed by atoms with Gasteiger partial charge in [-0.25, -0.2) is 0 Å². The molecule has 0 spiro atoms. The van der Waals surface area contributed by atoms with Gasteiger partial charge >= 0.3 is 0 Å². The summed E-state index contributed by atoms with van der Waals surface area (Å²) in [5, 5.41) is 20.1. The zero-order valence-electron chi connectivity index (χ0n) is 17.9. The second-order valence-corrected chi connectivity index (χ2v) is 10.1. The predicted molar refractivity (Wildman–Crippen MR) is 138 cm³/mol. The predicted octanol–water partition coefficient (Wildman–Crippen LogP) is 3.40. The molecule has 2 heterocycles. The lowest BCUT2D eigenvalue weighted by Crippen LogP contribution is -2.38. The van der Waals surface area contributed by atoms with Gasteiger partial charge in [0.25, 0.3) is 5.56 Å². The van der Waals surface area contributed by atoms with Crippen LogP contribution in [0, 0.1) is 22.7 Å². The van der Waals surface area contributed by atoms with E-state index < -0.39 is 11.5 Å². The van der Waals surface area contributed by atoms with Gasteiger partial charge < -0.3 is 15.2 Å². The van der Waals surface area contributed by atoms with Gasteiger partial charge in [0.15, 0.2) is 0 Å². The van der Waals surface area contributed by atoms with E-state index in [1.54, 1.807) is 37.5 Å². The van der Waals surface area contributed by atoms with Crippen molar-refractivity contribution in [1.82, 2.24) is 4.57 Å². The highest BCUT2D eigenvalue weighted by molar-refractivity contribution is 9.10. The van der Waals surface area contributed by atoms with E-state index in [0.29, 0.717) is 31.8 Å². The molecule has 0 radical (unpaired) electrons. The number of hydrogen-bond donors (Lipinski definition) is 1. The highest BCUT2D eigenvalue weighted by Crippen LogP contribution is 2.41. The molecular formula is C24H16Br2N4O3S. The lowest BCUT2D eigenvalue weighted by atomic mass is 9.84. The van der Waals surface area contributed by atoms with E-state index in [1.165, 1.54) is 11.7 Å². The van der Waals surface area contributed by atoms with Gasteiger partial charge in [0.05, 0.1) is 48.0 Å². The molecule has 2 aromatic carbocycles. The first-order valence-electron chi connectivity index (χ1n) is 9.79. The Morgan fingerprint density at radius 1 is 1.03 bits per heavy atom. The largest absolute Gasteiger partial charge is 0.496 e. The number of fused-ring (bicyclic) bond motifs is 1. The van der Waals surface area contributed by atoms with Crippen molar-refractivity contribution >= 4 is 60.7 Å². The molecule has 34 heavy (non-hydrogen) atoms. The minimum Gasteiger partial charge on any atom is -0.496 e. The highest BCUT2D eigenvalue weighted by atomic mass is 79.9. The molecule has 170 valence electrons. The third-order valence-corrected chi connectivity index (χ3v) is 7.46. The minimum absolute atomic E-state index is 0.00867. The van der Waals surface area contributed by atoms with Crippen LogP contribution in [-0.4, -0.2) is 18.8 Å². The number of halogens is 2. The second-order valence-electron chi connectivity index (χ2n) is 7.20. The number of nitriles is 2. The fourth-order valence-corrected chi connectivity index (χ4v) is 5.73. The molecular weight excluding hydrogens is 584 g/mol. The summed E-state index contributed by atoms with van der Waals surface area (Å²) in [6.45, 7) is 0. The van der Waals surface area contributed by atoms with Gasteiger partial charge in [0, 0.05) is 20.1 Å². The van der Waals surface area contributed by atoms with Crippen molar-refractivity contribution in [2.24, 2.45) is 5.73 Å². The van der Waals surface area contributed by atoms with Crippen molar-refractivity contribution in [2.45, 2.75) is 5.92 Å². The van der Waals surface area contributed by atoms with Crippen molar-refractivity contribution in [3.8, 4) is 23.6 Å². The number of benzene rings is 2. The van der Waals surface area contributed by atoms with Crippen LogP contribution in [0.5, 0.6) is 11.5 Å². The van der Waals surface area contributed by atoms with E-state index in [1.807, 2.05) is 12.1 Å². The third-order valence-electron chi connectivity index (χ3n) is 5.37. The Hall–Kier alpha value is -3.31. The molecule has 0 aliphatic carbocycles. The van der Waals surface area contributed by atoms with Gasteiger partial charge in [0.1, 0.15) is 22.0 Å². The Balaban J connectivity index is 2.09. The normalized spacial score (nSPS) is 15.5. The van der Waals surface area contributed by atoms with Gasteiger partial charge in [0.2, 0.25) is 0 Å². The number of methoxy groups -OCH3 is 2. The lowest BCUT2D eigenvalue weighted by Gasteiger charge is -2.24. The van der Waals surface area contributed by atoms with Crippen LogP contribution in [0.25, 0.3) is 17.5 Å². The first-order chi connectivity index (χ1) is 16.3. The van der Waals surface area contributed by atoms with E-state index in [4.69, 9.17) is 15.2 Å². The number of nitrogens with zero attached hydrogens (tertiary/aromatic N) is 3. The SMILES string of the molecule is COc1ccc(Br)cc1/C=c1\sc2n(c1=O)C(N)=C(C#N)[C@@H](c1cc(Br)ccc1OC)C=2C#N. The summed E-state index contributed by atoms with van der Waals surface area (Å²) in [5.74, 6) is 0.292. The summed E-state index contributed by atoms with van der Waals surface area (Å²) in [6, 6.07) is 15.1. The van der Waals surface area contributed by atoms with Gasteiger partial charge in [-0.3, -0.25) is 9.36 Å². The topological polar surface area (TPSA) is 114 Å². The first-order valence-corrected chi connectivity index (χ1v) is 12.2. The van der Waals surface area contributed by atoms with Crippen LogP contribution in [-0.2, 0) is 0 Å².